The van der Waals surface area contributed by atoms with Gasteiger partial charge in [-0.25, -0.2) is 4.98 Å². The third-order valence-corrected chi connectivity index (χ3v) is 4.07. The van der Waals surface area contributed by atoms with Crippen molar-refractivity contribution in [1.29, 1.82) is 0 Å². The molecule has 1 aromatic heterocycles. The molecule has 3 aromatic rings. The molecule has 0 spiro atoms. The third-order valence-electron chi connectivity index (χ3n) is 3.34. The summed E-state index contributed by atoms with van der Waals surface area (Å²) in [5.74, 6) is 0.863. The van der Waals surface area contributed by atoms with Gasteiger partial charge in [-0.05, 0) is 48.4 Å². The first kappa shape index (κ1) is 14.4. The molecule has 1 N–H and O–H groups in total. The molecule has 0 saturated heterocycles. The minimum atomic E-state index is 0.707. The van der Waals surface area contributed by atoms with E-state index in [-0.39, 0.29) is 0 Å². The van der Waals surface area contributed by atoms with Gasteiger partial charge in [0.25, 0.3) is 0 Å². The normalized spacial score (nSPS) is 10.8. The highest BCUT2D eigenvalue weighted by Crippen LogP contribution is 2.23. The number of hydrogen-bond acceptors (Lipinski definition) is 2. The lowest BCUT2D eigenvalue weighted by atomic mass is 10.1. The van der Waals surface area contributed by atoms with Gasteiger partial charge in [-0.2, -0.15) is 0 Å². The van der Waals surface area contributed by atoms with Gasteiger partial charge in [-0.3, -0.25) is 0 Å². The molecule has 0 bridgehead atoms. The van der Waals surface area contributed by atoms with Gasteiger partial charge in [0, 0.05) is 21.4 Å². The standard InChI is InChI=1S/C17H14BrClN2/c1-11-7-17(20-10-12-3-2-4-13(18)8-12)21-16-9-14(19)5-6-15(11)16/h2-9H,10H2,1H3,(H,20,21). The second-order valence-electron chi connectivity index (χ2n) is 4.97. The molecule has 0 fully saturated rings. The van der Waals surface area contributed by atoms with Crippen LogP contribution in [0.3, 0.4) is 0 Å². The molecule has 2 aromatic carbocycles. The zero-order valence-electron chi connectivity index (χ0n) is 11.5. The summed E-state index contributed by atoms with van der Waals surface area (Å²) in [6, 6.07) is 16.1. The number of aryl methyl sites for hydroxylation is 1. The highest BCUT2D eigenvalue weighted by molar-refractivity contribution is 9.10. The number of halogens is 2. The number of nitrogens with zero attached hydrogens (tertiary/aromatic N) is 1. The second-order valence-corrected chi connectivity index (χ2v) is 6.32. The lowest BCUT2D eigenvalue weighted by Gasteiger charge is -2.09. The van der Waals surface area contributed by atoms with E-state index >= 15 is 0 Å². The number of benzene rings is 2. The Bertz CT molecular complexity index is 802. The molecule has 0 aliphatic heterocycles. The summed E-state index contributed by atoms with van der Waals surface area (Å²) in [7, 11) is 0. The summed E-state index contributed by atoms with van der Waals surface area (Å²) in [5.41, 5.74) is 3.31. The van der Waals surface area contributed by atoms with E-state index in [0.717, 1.165) is 27.7 Å². The Kier molecular flexibility index (Phi) is 4.13. The number of pyridine rings is 1. The zero-order valence-corrected chi connectivity index (χ0v) is 13.9. The first-order valence-corrected chi connectivity index (χ1v) is 7.84. The number of rotatable bonds is 3. The molecule has 106 valence electrons. The summed E-state index contributed by atoms with van der Waals surface area (Å²) >= 11 is 9.53. The number of hydrogen-bond donors (Lipinski definition) is 1. The van der Waals surface area contributed by atoms with Crippen LogP contribution in [-0.4, -0.2) is 4.98 Å². The van der Waals surface area contributed by atoms with Gasteiger partial charge in [0.15, 0.2) is 0 Å². The van der Waals surface area contributed by atoms with Crippen LogP contribution in [0.25, 0.3) is 10.9 Å². The molecular formula is C17H14BrClN2. The summed E-state index contributed by atoms with van der Waals surface area (Å²) in [5, 5.41) is 5.20. The fourth-order valence-corrected chi connectivity index (χ4v) is 2.92. The first-order valence-electron chi connectivity index (χ1n) is 6.67. The van der Waals surface area contributed by atoms with Crippen LogP contribution in [0, 0.1) is 6.92 Å². The Hall–Kier alpha value is -1.58. The molecule has 3 rings (SSSR count). The molecule has 0 aliphatic rings. The van der Waals surface area contributed by atoms with E-state index in [4.69, 9.17) is 11.6 Å². The lowest BCUT2D eigenvalue weighted by molar-refractivity contribution is 1.12. The van der Waals surface area contributed by atoms with Gasteiger partial charge in [0.1, 0.15) is 5.82 Å². The Balaban J connectivity index is 1.87. The average Bonchev–Trinajstić information content (AvgIpc) is 2.45. The molecule has 4 heteroatoms. The predicted molar refractivity (Wildman–Crippen MR) is 93.0 cm³/mol. The molecular weight excluding hydrogens is 348 g/mol. The van der Waals surface area contributed by atoms with E-state index in [1.165, 1.54) is 11.1 Å². The van der Waals surface area contributed by atoms with Gasteiger partial charge in [0.2, 0.25) is 0 Å². The molecule has 1 heterocycles. The van der Waals surface area contributed by atoms with Crippen LogP contribution in [0.2, 0.25) is 5.02 Å². The van der Waals surface area contributed by atoms with E-state index in [1.54, 1.807) is 0 Å². The fraction of sp³-hybridized carbons (Fsp3) is 0.118. The van der Waals surface area contributed by atoms with Gasteiger partial charge < -0.3 is 5.32 Å². The molecule has 0 saturated carbocycles. The number of nitrogens with one attached hydrogen (secondary N) is 1. The number of anilines is 1. The summed E-state index contributed by atoms with van der Waals surface area (Å²) in [6.07, 6.45) is 0. The highest BCUT2D eigenvalue weighted by atomic mass is 79.9. The van der Waals surface area contributed by atoms with Crippen LogP contribution in [0.15, 0.2) is 53.0 Å². The molecule has 0 unspecified atom stereocenters. The van der Waals surface area contributed by atoms with E-state index in [9.17, 15) is 0 Å². The monoisotopic (exact) mass is 360 g/mol. The van der Waals surface area contributed by atoms with E-state index < -0.39 is 0 Å². The van der Waals surface area contributed by atoms with Crippen molar-refractivity contribution in [2.75, 3.05) is 5.32 Å². The maximum Gasteiger partial charge on any atom is 0.127 e. The zero-order chi connectivity index (χ0) is 14.8. The van der Waals surface area contributed by atoms with Crippen LogP contribution in [0.5, 0.6) is 0 Å². The van der Waals surface area contributed by atoms with Crippen molar-refractivity contribution in [3.63, 3.8) is 0 Å². The Morgan fingerprint density at radius 2 is 2.00 bits per heavy atom. The number of aromatic nitrogens is 1. The van der Waals surface area contributed by atoms with Crippen molar-refractivity contribution in [1.82, 2.24) is 4.98 Å². The Morgan fingerprint density at radius 3 is 2.81 bits per heavy atom. The largest absolute Gasteiger partial charge is 0.366 e. The van der Waals surface area contributed by atoms with Crippen LogP contribution in [0.4, 0.5) is 5.82 Å². The molecule has 21 heavy (non-hydrogen) atoms. The van der Waals surface area contributed by atoms with Crippen molar-refractivity contribution in [3.8, 4) is 0 Å². The van der Waals surface area contributed by atoms with Crippen molar-refractivity contribution < 1.29 is 0 Å². The average molecular weight is 362 g/mol. The molecule has 0 atom stereocenters. The van der Waals surface area contributed by atoms with Gasteiger partial charge in [-0.15, -0.1) is 0 Å². The Labute approximate surface area is 137 Å². The maximum absolute atomic E-state index is 6.05. The van der Waals surface area contributed by atoms with E-state index in [2.05, 4.69) is 51.4 Å². The highest BCUT2D eigenvalue weighted by Gasteiger charge is 2.04. The minimum absolute atomic E-state index is 0.707. The van der Waals surface area contributed by atoms with Crippen molar-refractivity contribution in [2.24, 2.45) is 0 Å². The fourth-order valence-electron chi connectivity index (χ4n) is 2.31. The van der Waals surface area contributed by atoms with Crippen LogP contribution in [-0.2, 0) is 6.54 Å². The minimum Gasteiger partial charge on any atom is -0.366 e. The van der Waals surface area contributed by atoms with E-state index in [1.807, 2.05) is 30.3 Å². The summed E-state index contributed by atoms with van der Waals surface area (Å²) < 4.78 is 1.08. The molecule has 0 radical (unpaired) electrons. The van der Waals surface area contributed by atoms with Crippen LogP contribution < -0.4 is 5.32 Å². The van der Waals surface area contributed by atoms with E-state index in [0.29, 0.717) is 5.02 Å². The van der Waals surface area contributed by atoms with Gasteiger partial charge >= 0.3 is 0 Å². The molecule has 0 amide bonds. The third kappa shape index (κ3) is 3.36. The SMILES string of the molecule is Cc1cc(NCc2cccc(Br)c2)nc2cc(Cl)ccc12. The summed E-state index contributed by atoms with van der Waals surface area (Å²) in [6.45, 7) is 2.82. The molecule has 2 nitrogen and oxygen atoms in total. The smallest absolute Gasteiger partial charge is 0.127 e. The quantitative estimate of drug-likeness (QED) is 0.659. The second kappa shape index (κ2) is 6.04. The summed E-state index contributed by atoms with van der Waals surface area (Å²) in [4.78, 5) is 4.63. The first-order chi connectivity index (χ1) is 10.1. The Morgan fingerprint density at radius 1 is 1.14 bits per heavy atom. The van der Waals surface area contributed by atoms with Crippen molar-refractivity contribution in [2.45, 2.75) is 13.5 Å². The predicted octanol–water partition coefficient (Wildman–Crippen LogP) is 5.57. The number of fused-ring (bicyclic) bond motifs is 1. The van der Waals surface area contributed by atoms with Crippen molar-refractivity contribution in [3.05, 3.63) is 69.2 Å². The van der Waals surface area contributed by atoms with Gasteiger partial charge in [-0.1, -0.05) is 45.7 Å². The van der Waals surface area contributed by atoms with Crippen molar-refractivity contribution >= 4 is 44.3 Å². The van der Waals surface area contributed by atoms with Gasteiger partial charge in [0.05, 0.1) is 5.52 Å². The topological polar surface area (TPSA) is 24.9 Å². The molecule has 0 aliphatic carbocycles. The van der Waals surface area contributed by atoms with Crippen LogP contribution >= 0.6 is 27.5 Å². The maximum atomic E-state index is 6.05. The van der Waals surface area contributed by atoms with Crippen LogP contribution in [0.1, 0.15) is 11.1 Å². The lowest BCUT2D eigenvalue weighted by Crippen LogP contribution is -2.02.